The van der Waals surface area contributed by atoms with Gasteiger partial charge in [-0.3, -0.25) is 14.3 Å². The molecule has 0 saturated carbocycles. The van der Waals surface area contributed by atoms with Gasteiger partial charge in [0.05, 0.1) is 15.9 Å². The van der Waals surface area contributed by atoms with E-state index in [0.29, 0.717) is 36.2 Å². The van der Waals surface area contributed by atoms with Crippen LogP contribution in [0.4, 0.5) is 0 Å². The summed E-state index contributed by atoms with van der Waals surface area (Å²) in [6.07, 6.45) is 0.956. The molecule has 3 rings (SSSR count). The normalized spacial score (nSPS) is 11.9. The van der Waals surface area contributed by atoms with Gasteiger partial charge in [0.15, 0.2) is 5.96 Å². The lowest BCUT2D eigenvalue weighted by atomic mass is 10.2. The number of carboxylic acids is 1. The number of aliphatic carboxylic acids is 1. The molecule has 9 N–H and O–H groups in total. The van der Waals surface area contributed by atoms with Crippen molar-refractivity contribution in [2.75, 3.05) is 6.54 Å². The minimum atomic E-state index is -4.20. The van der Waals surface area contributed by atoms with E-state index < -0.39 is 22.1 Å². The topological polar surface area (TPSA) is 211 Å². The SMILES string of the molecule is NC(N)=NCCCC(N)C(=O)O.O=S(=O)(O)c1ccc2nc(-c3ccccc3)[nH]c2c1. The molecule has 0 aliphatic carbocycles. The third-order valence-corrected chi connectivity index (χ3v) is 4.93. The highest BCUT2D eigenvalue weighted by molar-refractivity contribution is 7.85. The zero-order chi connectivity index (χ0) is 23.0. The van der Waals surface area contributed by atoms with Gasteiger partial charge in [-0.1, -0.05) is 30.3 Å². The van der Waals surface area contributed by atoms with E-state index in [0.717, 1.165) is 5.56 Å². The molecule has 2 aromatic carbocycles. The second kappa shape index (κ2) is 10.5. The second-order valence-corrected chi connectivity index (χ2v) is 7.92. The molecule has 166 valence electrons. The Hall–Kier alpha value is -3.48. The highest BCUT2D eigenvalue weighted by atomic mass is 32.2. The van der Waals surface area contributed by atoms with Gasteiger partial charge in [-0.05, 0) is 31.0 Å². The van der Waals surface area contributed by atoms with Crippen molar-refractivity contribution >= 4 is 33.1 Å². The largest absolute Gasteiger partial charge is 0.480 e. The lowest BCUT2D eigenvalue weighted by Crippen LogP contribution is -2.30. The zero-order valence-electron chi connectivity index (χ0n) is 16.5. The summed E-state index contributed by atoms with van der Waals surface area (Å²) in [5.74, 6) is -0.332. The first-order valence-corrected chi connectivity index (χ1v) is 10.6. The molecule has 11 nitrogen and oxygen atoms in total. The monoisotopic (exact) mass is 448 g/mol. The number of fused-ring (bicyclic) bond motifs is 1. The number of rotatable bonds is 7. The van der Waals surface area contributed by atoms with E-state index in [1.807, 2.05) is 30.3 Å². The van der Waals surface area contributed by atoms with Crippen molar-refractivity contribution in [3.63, 3.8) is 0 Å². The number of benzene rings is 2. The maximum atomic E-state index is 11.1. The number of nitrogens with zero attached hydrogens (tertiary/aromatic N) is 2. The van der Waals surface area contributed by atoms with Gasteiger partial charge < -0.3 is 27.3 Å². The highest BCUT2D eigenvalue weighted by Gasteiger charge is 2.12. The van der Waals surface area contributed by atoms with Crippen molar-refractivity contribution in [2.45, 2.75) is 23.8 Å². The zero-order valence-corrected chi connectivity index (χ0v) is 17.3. The van der Waals surface area contributed by atoms with Crippen LogP contribution in [0.2, 0.25) is 0 Å². The molecule has 3 aromatic rings. The molecule has 0 aliphatic heterocycles. The second-order valence-electron chi connectivity index (χ2n) is 6.50. The molecular formula is C19H24N6O5S. The smallest absolute Gasteiger partial charge is 0.320 e. The van der Waals surface area contributed by atoms with Crippen LogP contribution >= 0.6 is 0 Å². The third-order valence-electron chi connectivity index (χ3n) is 4.08. The summed E-state index contributed by atoms with van der Waals surface area (Å²) in [5, 5.41) is 8.38. The fourth-order valence-corrected chi connectivity index (χ4v) is 3.03. The van der Waals surface area contributed by atoms with E-state index in [2.05, 4.69) is 15.0 Å². The van der Waals surface area contributed by atoms with Crippen molar-refractivity contribution in [1.29, 1.82) is 0 Å². The van der Waals surface area contributed by atoms with Crippen molar-refractivity contribution in [2.24, 2.45) is 22.2 Å². The lowest BCUT2D eigenvalue weighted by molar-refractivity contribution is -0.138. The predicted octanol–water partition coefficient (Wildman–Crippen LogP) is 0.929. The van der Waals surface area contributed by atoms with E-state index in [-0.39, 0.29) is 10.9 Å². The summed E-state index contributed by atoms with van der Waals surface area (Å²) in [6.45, 7) is 0.420. The minimum absolute atomic E-state index is 0.0129. The summed E-state index contributed by atoms with van der Waals surface area (Å²) < 4.78 is 31.2. The standard InChI is InChI=1S/C13H10N2O3S.C6H14N4O2/c16-19(17,18)10-6-7-11-12(8-10)15-13(14-11)9-4-2-1-3-5-9;7-4(5(11)12)2-1-3-10-6(8)9/h1-8H,(H,14,15)(H,16,17,18);4H,1-3,7H2,(H,11,12)(H4,8,9,10). The first-order chi connectivity index (χ1) is 14.6. The molecule has 31 heavy (non-hydrogen) atoms. The molecule has 0 aliphatic rings. The quantitative estimate of drug-likeness (QED) is 0.131. The Kier molecular flexibility index (Phi) is 8.07. The first-order valence-electron chi connectivity index (χ1n) is 9.14. The number of imidazole rings is 1. The summed E-state index contributed by atoms with van der Waals surface area (Å²) >= 11 is 0. The van der Waals surface area contributed by atoms with Crippen LogP contribution in [0.1, 0.15) is 12.8 Å². The fourth-order valence-electron chi connectivity index (χ4n) is 2.52. The van der Waals surface area contributed by atoms with Crippen molar-refractivity contribution in [3.05, 3.63) is 48.5 Å². The van der Waals surface area contributed by atoms with Gasteiger partial charge in [0, 0.05) is 12.1 Å². The van der Waals surface area contributed by atoms with Crippen LogP contribution in [-0.4, -0.2) is 52.6 Å². The van der Waals surface area contributed by atoms with Gasteiger partial charge >= 0.3 is 5.97 Å². The Morgan fingerprint density at radius 2 is 1.84 bits per heavy atom. The number of aliphatic imine (C=N–C) groups is 1. The molecule has 1 atom stereocenters. The van der Waals surface area contributed by atoms with Crippen LogP contribution in [0.25, 0.3) is 22.4 Å². The van der Waals surface area contributed by atoms with Gasteiger partial charge in [-0.2, -0.15) is 8.42 Å². The number of hydrogen-bond donors (Lipinski definition) is 6. The Balaban J connectivity index is 0.000000248. The maximum absolute atomic E-state index is 11.1. The van der Waals surface area contributed by atoms with E-state index in [1.165, 1.54) is 12.1 Å². The molecule has 1 heterocycles. The number of aromatic nitrogens is 2. The van der Waals surface area contributed by atoms with Crippen LogP contribution in [0.3, 0.4) is 0 Å². The van der Waals surface area contributed by atoms with Gasteiger partial charge in [0.2, 0.25) is 0 Å². The molecule has 0 saturated heterocycles. The van der Waals surface area contributed by atoms with Crippen molar-refractivity contribution in [3.8, 4) is 11.4 Å². The molecule has 0 bridgehead atoms. The van der Waals surface area contributed by atoms with Gasteiger partial charge in [0.25, 0.3) is 10.1 Å². The average molecular weight is 449 g/mol. The summed E-state index contributed by atoms with van der Waals surface area (Å²) in [7, 11) is -4.20. The van der Waals surface area contributed by atoms with E-state index in [9.17, 15) is 13.2 Å². The van der Waals surface area contributed by atoms with Crippen LogP contribution in [0.15, 0.2) is 58.4 Å². The van der Waals surface area contributed by atoms with Gasteiger partial charge in [-0.25, -0.2) is 4.98 Å². The Morgan fingerprint density at radius 3 is 2.42 bits per heavy atom. The average Bonchev–Trinajstić information content (AvgIpc) is 3.15. The number of hydrogen-bond acceptors (Lipinski definition) is 6. The molecule has 1 aromatic heterocycles. The van der Waals surface area contributed by atoms with E-state index in [4.69, 9.17) is 26.9 Å². The molecule has 1 unspecified atom stereocenters. The molecule has 12 heteroatoms. The number of carboxylic acid groups (broad SMARTS) is 1. The van der Waals surface area contributed by atoms with E-state index in [1.54, 1.807) is 6.07 Å². The highest BCUT2D eigenvalue weighted by Crippen LogP contribution is 2.22. The van der Waals surface area contributed by atoms with Crippen LogP contribution in [0.5, 0.6) is 0 Å². The Morgan fingerprint density at radius 1 is 1.16 bits per heavy atom. The first kappa shape index (κ1) is 23.8. The van der Waals surface area contributed by atoms with Gasteiger partial charge in [0.1, 0.15) is 11.9 Å². The van der Waals surface area contributed by atoms with E-state index >= 15 is 0 Å². The summed E-state index contributed by atoms with van der Waals surface area (Å²) in [6, 6.07) is 12.9. The molecule has 0 spiro atoms. The predicted molar refractivity (Wildman–Crippen MR) is 117 cm³/mol. The third kappa shape index (κ3) is 7.37. The number of nitrogens with two attached hydrogens (primary N) is 3. The molecular weight excluding hydrogens is 424 g/mol. The number of guanidine groups is 1. The number of carbonyl (C=O) groups is 1. The maximum Gasteiger partial charge on any atom is 0.320 e. The van der Waals surface area contributed by atoms with Crippen molar-refractivity contribution in [1.82, 2.24) is 9.97 Å². The number of H-pyrrole nitrogens is 1. The van der Waals surface area contributed by atoms with Gasteiger partial charge in [-0.15, -0.1) is 0 Å². The Labute approximate surface area is 178 Å². The molecule has 0 amide bonds. The molecule has 0 radical (unpaired) electrons. The Bertz CT molecular complexity index is 1160. The lowest BCUT2D eigenvalue weighted by Gasteiger charge is -2.03. The fraction of sp³-hybridized carbons (Fsp3) is 0.211. The number of nitrogens with one attached hydrogen (secondary N) is 1. The summed E-state index contributed by atoms with van der Waals surface area (Å²) in [5.41, 5.74) is 17.4. The molecule has 0 fully saturated rings. The summed E-state index contributed by atoms with van der Waals surface area (Å²) in [4.78, 5) is 21.2. The van der Waals surface area contributed by atoms with Crippen LogP contribution in [0, 0.1) is 0 Å². The van der Waals surface area contributed by atoms with Crippen LogP contribution < -0.4 is 17.2 Å². The van der Waals surface area contributed by atoms with Crippen LogP contribution in [-0.2, 0) is 14.9 Å². The minimum Gasteiger partial charge on any atom is -0.480 e. The number of aromatic amines is 1. The van der Waals surface area contributed by atoms with Crippen molar-refractivity contribution < 1.29 is 22.9 Å².